The second kappa shape index (κ2) is 9.04. The maximum Gasteiger partial charge on any atom is 0.414 e. The summed E-state index contributed by atoms with van der Waals surface area (Å²) in [6, 6.07) is 6.10. The summed E-state index contributed by atoms with van der Waals surface area (Å²) in [6.07, 6.45) is 1.32. The molecule has 2 amide bonds. The first-order chi connectivity index (χ1) is 14.4. The molecule has 1 aromatic carbocycles. The minimum absolute atomic E-state index is 0.150. The molecule has 2 aliphatic heterocycles. The maximum absolute atomic E-state index is 12.3. The molecular weight excluding hydrogens is 424 g/mol. The van der Waals surface area contributed by atoms with E-state index in [1.165, 1.54) is 17.0 Å². The third kappa shape index (κ3) is 6.33. The molecule has 0 spiro atoms. The van der Waals surface area contributed by atoms with E-state index in [0.717, 1.165) is 19.1 Å². The van der Waals surface area contributed by atoms with Crippen molar-refractivity contribution in [3.05, 3.63) is 24.3 Å². The molecule has 3 rings (SSSR count). The van der Waals surface area contributed by atoms with Crippen LogP contribution in [0.3, 0.4) is 0 Å². The molecule has 1 aromatic rings. The van der Waals surface area contributed by atoms with E-state index in [4.69, 9.17) is 14.2 Å². The first-order valence-electron chi connectivity index (χ1n) is 10.3. The standard InChI is InChI=1S/C21H30N2O7S/c1-21(2,3)30-19(24)22-11-5-6-16(12-22)28-14-17-13-23(20(25)29-17)15-7-9-18(10-8-15)31(4,26)27/h7-10,16-17H,5-6,11-14H2,1-4H3. The Bertz CT molecular complexity index is 909. The maximum atomic E-state index is 12.3. The van der Waals surface area contributed by atoms with Gasteiger partial charge in [-0.15, -0.1) is 0 Å². The predicted octanol–water partition coefficient (Wildman–Crippen LogP) is 2.83. The number of rotatable bonds is 5. The molecule has 172 valence electrons. The highest BCUT2D eigenvalue weighted by atomic mass is 32.2. The minimum Gasteiger partial charge on any atom is -0.444 e. The van der Waals surface area contributed by atoms with Gasteiger partial charge in [-0.05, 0) is 57.9 Å². The fourth-order valence-corrected chi connectivity index (χ4v) is 4.13. The number of piperidine rings is 1. The van der Waals surface area contributed by atoms with Gasteiger partial charge >= 0.3 is 12.2 Å². The number of hydrogen-bond donors (Lipinski definition) is 0. The summed E-state index contributed by atoms with van der Waals surface area (Å²) in [6.45, 7) is 7.08. The van der Waals surface area contributed by atoms with Gasteiger partial charge < -0.3 is 19.1 Å². The summed E-state index contributed by atoms with van der Waals surface area (Å²) < 4.78 is 40.0. The van der Waals surface area contributed by atoms with Gasteiger partial charge in [0.15, 0.2) is 9.84 Å². The molecule has 2 atom stereocenters. The summed E-state index contributed by atoms with van der Waals surface area (Å²) in [5, 5.41) is 0. The number of benzene rings is 1. The number of carbonyl (C=O) groups is 2. The van der Waals surface area contributed by atoms with Crippen LogP contribution in [0.15, 0.2) is 29.2 Å². The van der Waals surface area contributed by atoms with E-state index < -0.39 is 27.6 Å². The fraction of sp³-hybridized carbons (Fsp3) is 0.619. The van der Waals surface area contributed by atoms with Crippen LogP contribution in [0.1, 0.15) is 33.6 Å². The fourth-order valence-electron chi connectivity index (χ4n) is 3.50. The monoisotopic (exact) mass is 454 g/mol. The van der Waals surface area contributed by atoms with Crippen molar-refractivity contribution < 1.29 is 32.2 Å². The van der Waals surface area contributed by atoms with E-state index in [0.29, 0.717) is 25.3 Å². The zero-order valence-electron chi connectivity index (χ0n) is 18.4. The minimum atomic E-state index is -3.30. The van der Waals surface area contributed by atoms with E-state index in [9.17, 15) is 18.0 Å². The van der Waals surface area contributed by atoms with E-state index in [1.807, 2.05) is 20.8 Å². The lowest BCUT2D eigenvalue weighted by Crippen LogP contribution is -2.46. The average molecular weight is 455 g/mol. The second-order valence-corrected chi connectivity index (χ2v) is 10.9. The smallest absolute Gasteiger partial charge is 0.414 e. The molecular formula is C21H30N2O7S. The van der Waals surface area contributed by atoms with Crippen LogP contribution >= 0.6 is 0 Å². The van der Waals surface area contributed by atoms with E-state index in [2.05, 4.69) is 0 Å². The first-order valence-corrected chi connectivity index (χ1v) is 12.2. The summed E-state index contributed by atoms with van der Waals surface area (Å²) >= 11 is 0. The quantitative estimate of drug-likeness (QED) is 0.674. The highest BCUT2D eigenvalue weighted by molar-refractivity contribution is 7.90. The topological polar surface area (TPSA) is 102 Å². The average Bonchev–Trinajstić information content (AvgIpc) is 3.05. The lowest BCUT2D eigenvalue weighted by molar-refractivity contribution is -0.0401. The van der Waals surface area contributed by atoms with Gasteiger partial charge in [0.2, 0.25) is 0 Å². The summed E-state index contributed by atoms with van der Waals surface area (Å²) in [5.41, 5.74) is 0.0139. The van der Waals surface area contributed by atoms with Crippen LogP contribution in [0.5, 0.6) is 0 Å². The van der Waals surface area contributed by atoms with Gasteiger partial charge in [0.05, 0.1) is 30.7 Å². The van der Waals surface area contributed by atoms with Gasteiger partial charge in [-0.1, -0.05) is 0 Å². The molecule has 0 radical (unpaired) electrons. The zero-order chi connectivity index (χ0) is 22.8. The van der Waals surface area contributed by atoms with Gasteiger partial charge in [0.1, 0.15) is 11.7 Å². The Balaban J connectivity index is 1.51. The van der Waals surface area contributed by atoms with Crippen molar-refractivity contribution in [2.75, 3.05) is 37.4 Å². The van der Waals surface area contributed by atoms with Crippen molar-refractivity contribution in [2.45, 2.75) is 56.3 Å². The van der Waals surface area contributed by atoms with Crippen LogP contribution in [-0.2, 0) is 24.0 Å². The molecule has 0 saturated carbocycles. The Hall–Kier alpha value is -2.33. The number of anilines is 1. The Labute approximate surface area is 183 Å². The summed E-state index contributed by atoms with van der Waals surface area (Å²) in [5.74, 6) is 0. The highest BCUT2D eigenvalue weighted by Crippen LogP contribution is 2.24. The molecule has 0 aliphatic carbocycles. The molecule has 0 aromatic heterocycles. The Kier molecular flexibility index (Phi) is 6.80. The van der Waals surface area contributed by atoms with Gasteiger partial charge in [-0.2, -0.15) is 0 Å². The molecule has 31 heavy (non-hydrogen) atoms. The van der Waals surface area contributed by atoms with Crippen LogP contribution < -0.4 is 4.90 Å². The van der Waals surface area contributed by atoms with Crippen molar-refractivity contribution >= 4 is 27.7 Å². The summed E-state index contributed by atoms with van der Waals surface area (Å²) in [4.78, 5) is 27.8. The number of amides is 2. The number of hydrogen-bond acceptors (Lipinski definition) is 7. The van der Waals surface area contributed by atoms with E-state index >= 15 is 0 Å². The van der Waals surface area contributed by atoms with Crippen molar-refractivity contribution in [1.29, 1.82) is 0 Å². The third-order valence-corrected chi connectivity index (χ3v) is 6.13. The van der Waals surface area contributed by atoms with Crippen LogP contribution in [0.2, 0.25) is 0 Å². The molecule has 10 heteroatoms. The van der Waals surface area contributed by atoms with Crippen molar-refractivity contribution in [1.82, 2.24) is 4.90 Å². The molecule has 9 nitrogen and oxygen atoms in total. The molecule has 2 saturated heterocycles. The molecule has 0 bridgehead atoms. The predicted molar refractivity (Wildman–Crippen MR) is 114 cm³/mol. The van der Waals surface area contributed by atoms with Crippen molar-refractivity contribution in [3.63, 3.8) is 0 Å². The SMILES string of the molecule is CC(C)(C)OC(=O)N1CCCC(OCC2CN(c3ccc(S(C)(=O)=O)cc3)C(=O)O2)C1. The Morgan fingerprint density at radius 3 is 2.48 bits per heavy atom. The van der Waals surface area contributed by atoms with Crippen molar-refractivity contribution in [3.8, 4) is 0 Å². The number of sulfone groups is 1. The summed E-state index contributed by atoms with van der Waals surface area (Å²) in [7, 11) is -3.30. The number of ether oxygens (including phenoxy) is 3. The molecule has 2 unspecified atom stereocenters. The Morgan fingerprint density at radius 2 is 1.87 bits per heavy atom. The van der Waals surface area contributed by atoms with Gasteiger partial charge in [-0.25, -0.2) is 18.0 Å². The van der Waals surface area contributed by atoms with Crippen LogP contribution in [0.4, 0.5) is 15.3 Å². The molecule has 2 fully saturated rings. The van der Waals surface area contributed by atoms with Gasteiger partial charge in [0, 0.05) is 18.5 Å². The number of cyclic esters (lactones) is 1. The molecule has 2 aliphatic rings. The van der Waals surface area contributed by atoms with E-state index in [-0.39, 0.29) is 23.7 Å². The largest absolute Gasteiger partial charge is 0.444 e. The van der Waals surface area contributed by atoms with Gasteiger partial charge in [0.25, 0.3) is 0 Å². The van der Waals surface area contributed by atoms with Crippen LogP contribution in [-0.4, -0.2) is 75.8 Å². The van der Waals surface area contributed by atoms with Crippen LogP contribution in [0.25, 0.3) is 0 Å². The first kappa shape index (κ1) is 23.3. The number of likely N-dealkylation sites (tertiary alicyclic amines) is 1. The van der Waals surface area contributed by atoms with Crippen LogP contribution in [0, 0.1) is 0 Å². The van der Waals surface area contributed by atoms with Gasteiger partial charge in [-0.3, -0.25) is 4.90 Å². The number of nitrogens with zero attached hydrogens (tertiary/aromatic N) is 2. The normalized spacial score (nSPS) is 22.4. The van der Waals surface area contributed by atoms with E-state index in [1.54, 1.807) is 17.0 Å². The molecule has 0 N–H and O–H groups in total. The lowest BCUT2D eigenvalue weighted by atomic mass is 10.1. The Morgan fingerprint density at radius 1 is 1.19 bits per heavy atom. The zero-order valence-corrected chi connectivity index (χ0v) is 19.2. The molecule has 2 heterocycles. The lowest BCUT2D eigenvalue weighted by Gasteiger charge is -2.34. The number of carbonyl (C=O) groups excluding carboxylic acids is 2. The highest BCUT2D eigenvalue weighted by Gasteiger charge is 2.34. The third-order valence-electron chi connectivity index (χ3n) is 5.00. The van der Waals surface area contributed by atoms with Crippen molar-refractivity contribution in [2.24, 2.45) is 0 Å². The second-order valence-electron chi connectivity index (χ2n) is 8.91.